The highest BCUT2D eigenvalue weighted by Crippen LogP contribution is 2.30. The molecule has 1 unspecified atom stereocenters. The quantitative estimate of drug-likeness (QED) is 0.670. The highest BCUT2D eigenvalue weighted by atomic mass is 16.4. The van der Waals surface area contributed by atoms with Gasteiger partial charge in [0.1, 0.15) is 0 Å². The topological polar surface area (TPSA) is 61.4 Å². The van der Waals surface area contributed by atoms with Crippen LogP contribution in [-0.2, 0) is 0 Å². The number of hydrogen-bond acceptors (Lipinski definition) is 3. The van der Waals surface area contributed by atoms with Gasteiger partial charge in [0, 0.05) is 0 Å². The first-order valence-electron chi connectivity index (χ1n) is 4.61. The van der Waals surface area contributed by atoms with Crippen LogP contribution in [-0.4, -0.2) is 17.2 Å². The summed E-state index contributed by atoms with van der Waals surface area (Å²) in [4.78, 5) is 10.7. The lowest BCUT2D eigenvalue weighted by molar-refractivity contribution is 0.0697. The average Bonchev–Trinajstić information content (AvgIpc) is 2.58. The number of fused-ring (bicyclic) bond motifs is 1. The van der Waals surface area contributed by atoms with E-state index in [0.29, 0.717) is 5.56 Å². The first-order valence-corrected chi connectivity index (χ1v) is 4.61. The molecule has 1 aromatic carbocycles. The maximum Gasteiger partial charge on any atom is 0.335 e. The summed E-state index contributed by atoms with van der Waals surface area (Å²) >= 11 is 0. The standard InChI is InChI=1S/C10H12N2O2/c1-2-9-11-7-4-3-6(10(13)14)5-8(7)12-9/h3-5,9,11-12H,2H2,1H3,(H,13,14). The molecule has 0 radical (unpaired) electrons. The number of rotatable bonds is 2. The summed E-state index contributed by atoms with van der Waals surface area (Å²) in [6.07, 6.45) is 1.17. The number of anilines is 2. The summed E-state index contributed by atoms with van der Waals surface area (Å²) in [7, 11) is 0. The summed E-state index contributed by atoms with van der Waals surface area (Å²) < 4.78 is 0. The van der Waals surface area contributed by atoms with Crippen molar-refractivity contribution in [2.45, 2.75) is 19.5 Å². The van der Waals surface area contributed by atoms with Gasteiger partial charge in [0.15, 0.2) is 0 Å². The first-order chi connectivity index (χ1) is 6.70. The zero-order valence-electron chi connectivity index (χ0n) is 7.87. The zero-order valence-corrected chi connectivity index (χ0v) is 7.87. The van der Waals surface area contributed by atoms with Crippen LogP contribution in [0.3, 0.4) is 0 Å². The monoisotopic (exact) mass is 192 g/mol. The Morgan fingerprint density at radius 3 is 2.79 bits per heavy atom. The highest BCUT2D eigenvalue weighted by Gasteiger charge is 2.18. The molecule has 1 aromatic rings. The van der Waals surface area contributed by atoms with Gasteiger partial charge in [-0.15, -0.1) is 0 Å². The summed E-state index contributed by atoms with van der Waals surface area (Å²) in [5.74, 6) is -0.894. The van der Waals surface area contributed by atoms with Crippen LogP contribution in [0.5, 0.6) is 0 Å². The first kappa shape index (κ1) is 8.87. The number of aromatic carboxylic acids is 1. The van der Waals surface area contributed by atoms with Crippen LogP contribution in [0.25, 0.3) is 0 Å². The summed E-state index contributed by atoms with van der Waals surface area (Å²) in [5.41, 5.74) is 2.16. The lowest BCUT2D eigenvalue weighted by atomic mass is 10.2. The van der Waals surface area contributed by atoms with Crippen molar-refractivity contribution in [3.05, 3.63) is 23.8 Å². The van der Waals surface area contributed by atoms with Crippen LogP contribution in [0.2, 0.25) is 0 Å². The van der Waals surface area contributed by atoms with E-state index in [1.165, 1.54) is 0 Å². The van der Waals surface area contributed by atoms with E-state index in [0.717, 1.165) is 17.8 Å². The molecule has 1 aliphatic heterocycles. The van der Waals surface area contributed by atoms with E-state index in [1.54, 1.807) is 18.2 Å². The minimum Gasteiger partial charge on any atom is -0.478 e. The van der Waals surface area contributed by atoms with Crippen LogP contribution in [0, 0.1) is 0 Å². The number of hydrogen-bond donors (Lipinski definition) is 3. The van der Waals surface area contributed by atoms with Crippen LogP contribution in [0.4, 0.5) is 11.4 Å². The van der Waals surface area contributed by atoms with E-state index in [9.17, 15) is 4.79 Å². The summed E-state index contributed by atoms with van der Waals surface area (Å²) in [5, 5.41) is 15.2. The Balaban J connectivity index is 2.31. The van der Waals surface area contributed by atoms with Gasteiger partial charge < -0.3 is 15.7 Å². The van der Waals surface area contributed by atoms with Crippen molar-refractivity contribution in [1.29, 1.82) is 0 Å². The maximum atomic E-state index is 10.7. The molecule has 0 saturated heterocycles. The lowest BCUT2D eigenvalue weighted by Gasteiger charge is -2.07. The normalized spacial score (nSPS) is 18.2. The molecule has 2 rings (SSSR count). The molecule has 4 nitrogen and oxygen atoms in total. The van der Waals surface area contributed by atoms with E-state index in [-0.39, 0.29) is 6.17 Å². The SMILES string of the molecule is CCC1Nc2ccc(C(=O)O)cc2N1. The molecule has 1 heterocycles. The number of benzene rings is 1. The molecule has 1 aliphatic rings. The van der Waals surface area contributed by atoms with Crippen molar-refractivity contribution in [3.8, 4) is 0 Å². The van der Waals surface area contributed by atoms with Gasteiger partial charge in [0.25, 0.3) is 0 Å². The van der Waals surface area contributed by atoms with Crippen molar-refractivity contribution < 1.29 is 9.90 Å². The Morgan fingerprint density at radius 2 is 2.14 bits per heavy atom. The second kappa shape index (κ2) is 3.21. The molecule has 0 spiro atoms. The molecule has 3 N–H and O–H groups in total. The second-order valence-corrected chi connectivity index (χ2v) is 3.32. The Labute approximate surface area is 81.9 Å². The molecule has 1 atom stereocenters. The third kappa shape index (κ3) is 1.39. The fraction of sp³-hybridized carbons (Fsp3) is 0.300. The third-order valence-electron chi connectivity index (χ3n) is 2.33. The molecule has 0 saturated carbocycles. The summed E-state index contributed by atoms with van der Waals surface area (Å²) in [6, 6.07) is 5.05. The maximum absolute atomic E-state index is 10.7. The third-order valence-corrected chi connectivity index (χ3v) is 2.33. The van der Waals surface area contributed by atoms with Crippen molar-refractivity contribution >= 4 is 17.3 Å². The van der Waals surface area contributed by atoms with E-state index in [2.05, 4.69) is 17.6 Å². The molecular weight excluding hydrogens is 180 g/mol. The van der Waals surface area contributed by atoms with Gasteiger partial charge in [-0.3, -0.25) is 0 Å². The molecule has 0 bridgehead atoms. The smallest absolute Gasteiger partial charge is 0.335 e. The van der Waals surface area contributed by atoms with Crippen molar-refractivity contribution in [2.75, 3.05) is 10.6 Å². The number of carbonyl (C=O) groups is 1. The second-order valence-electron chi connectivity index (χ2n) is 3.32. The van der Waals surface area contributed by atoms with Crippen molar-refractivity contribution in [2.24, 2.45) is 0 Å². The molecular formula is C10H12N2O2. The van der Waals surface area contributed by atoms with Crippen LogP contribution in [0.15, 0.2) is 18.2 Å². The van der Waals surface area contributed by atoms with Crippen molar-refractivity contribution in [3.63, 3.8) is 0 Å². The molecule has 0 aliphatic carbocycles. The average molecular weight is 192 g/mol. The zero-order chi connectivity index (χ0) is 10.1. The van der Waals surface area contributed by atoms with E-state index < -0.39 is 5.97 Å². The largest absolute Gasteiger partial charge is 0.478 e. The van der Waals surface area contributed by atoms with Crippen LogP contribution < -0.4 is 10.6 Å². The Bertz CT molecular complexity index is 376. The van der Waals surface area contributed by atoms with Gasteiger partial charge in [-0.05, 0) is 24.6 Å². The van der Waals surface area contributed by atoms with E-state index >= 15 is 0 Å². The van der Waals surface area contributed by atoms with Gasteiger partial charge in [0.2, 0.25) is 0 Å². The predicted molar refractivity (Wildman–Crippen MR) is 54.7 cm³/mol. The van der Waals surface area contributed by atoms with E-state index in [1.807, 2.05) is 0 Å². The fourth-order valence-corrected chi connectivity index (χ4v) is 1.54. The molecule has 0 amide bonds. The minimum atomic E-state index is -0.894. The fourth-order valence-electron chi connectivity index (χ4n) is 1.54. The summed E-state index contributed by atoms with van der Waals surface area (Å²) in [6.45, 7) is 2.06. The Hall–Kier alpha value is -1.71. The van der Waals surface area contributed by atoms with Crippen LogP contribution in [0.1, 0.15) is 23.7 Å². The molecule has 4 heteroatoms. The molecule has 0 aromatic heterocycles. The van der Waals surface area contributed by atoms with Gasteiger partial charge in [-0.2, -0.15) is 0 Å². The van der Waals surface area contributed by atoms with E-state index in [4.69, 9.17) is 5.11 Å². The van der Waals surface area contributed by atoms with Gasteiger partial charge in [-0.25, -0.2) is 4.79 Å². The molecule has 0 fully saturated rings. The van der Waals surface area contributed by atoms with Gasteiger partial charge in [-0.1, -0.05) is 6.92 Å². The van der Waals surface area contributed by atoms with Crippen LogP contribution >= 0.6 is 0 Å². The number of carboxylic acid groups (broad SMARTS) is 1. The Kier molecular flexibility index (Phi) is 2.04. The van der Waals surface area contributed by atoms with Gasteiger partial charge >= 0.3 is 5.97 Å². The molecule has 14 heavy (non-hydrogen) atoms. The predicted octanol–water partition coefficient (Wildman–Crippen LogP) is 1.96. The Morgan fingerprint density at radius 1 is 1.43 bits per heavy atom. The number of nitrogens with one attached hydrogen (secondary N) is 2. The van der Waals surface area contributed by atoms with Crippen molar-refractivity contribution in [1.82, 2.24) is 0 Å². The minimum absolute atomic E-state index is 0.217. The lowest BCUT2D eigenvalue weighted by Crippen LogP contribution is -2.20. The highest BCUT2D eigenvalue weighted by molar-refractivity contribution is 5.91. The number of carboxylic acids is 1. The van der Waals surface area contributed by atoms with Gasteiger partial charge in [0.05, 0.1) is 23.1 Å². The molecule has 74 valence electrons.